The van der Waals surface area contributed by atoms with Gasteiger partial charge in [-0.05, 0) is 23.6 Å². The van der Waals surface area contributed by atoms with Crippen LogP contribution in [0.25, 0.3) is 0 Å². The fourth-order valence-corrected chi connectivity index (χ4v) is 2.94. The minimum Gasteiger partial charge on any atom is -0.274 e. The van der Waals surface area contributed by atoms with Gasteiger partial charge in [-0.15, -0.1) is 0 Å². The molecule has 0 spiro atoms. The van der Waals surface area contributed by atoms with Crippen LogP contribution >= 0.6 is 0 Å². The average Bonchev–Trinajstić information content (AvgIpc) is 2.81. The van der Waals surface area contributed by atoms with E-state index in [1.807, 2.05) is 13.8 Å². The van der Waals surface area contributed by atoms with Crippen LogP contribution in [0.4, 0.5) is 10.1 Å². The van der Waals surface area contributed by atoms with Crippen LogP contribution in [0.1, 0.15) is 19.4 Å². The quantitative estimate of drug-likeness (QED) is 0.722. The molecule has 1 aliphatic carbocycles. The maximum absolute atomic E-state index is 13.2. The van der Waals surface area contributed by atoms with E-state index >= 15 is 0 Å². The van der Waals surface area contributed by atoms with Crippen molar-refractivity contribution in [2.75, 3.05) is 4.90 Å². The van der Waals surface area contributed by atoms with E-state index < -0.39 is 5.82 Å². The van der Waals surface area contributed by atoms with Crippen molar-refractivity contribution in [3.63, 3.8) is 0 Å². The van der Waals surface area contributed by atoms with Crippen molar-refractivity contribution in [1.29, 1.82) is 5.26 Å². The number of carbonyl (C=O) groups excluding carboxylic acids is 2. The minimum absolute atomic E-state index is 0.169. The van der Waals surface area contributed by atoms with Crippen LogP contribution in [0.5, 0.6) is 0 Å². The Labute approximate surface area is 109 Å². The van der Waals surface area contributed by atoms with Crippen LogP contribution in [0, 0.1) is 34.4 Å². The standard InChI is InChI=1S/C14H11FN2O2/c1-14(2)10-11(14)13(19)17(12(10)18)8-3-4-9(15)7(5-8)6-16/h3-5,10-11H,1-2H3. The molecular formula is C14H11FN2O2. The highest BCUT2D eigenvalue weighted by Crippen LogP contribution is 2.63. The van der Waals surface area contributed by atoms with E-state index in [4.69, 9.17) is 5.26 Å². The van der Waals surface area contributed by atoms with Crippen LogP contribution in [-0.4, -0.2) is 11.8 Å². The van der Waals surface area contributed by atoms with Crippen LogP contribution in [-0.2, 0) is 9.59 Å². The van der Waals surface area contributed by atoms with Crippen molar-refractivity contribution in [3.8, 4) is 6.07 Å². The van der Waals surface area contributed by atoms with Gasteiger partial charge in [-0.25, -0.2) is 9.29 Å². The molecule has 0 N–H and O–H groups in total. The summed E-state index contributed by atoms with van der Waals surface area (Å²) >= 11 is 0. The van der Waals surface area contributed by atoms with Crippen LogP contribution in [0.2, 0.25) is 0 Å². The van der Waals surface area contributed by atoms with Gasteiger partial charge < -0.3 is 0 Å². The molecule has 3 rings (SSSR count). The number of anilines is 1. The molecule has 1 saturated heterocycles. The first-order valence-electron chi connectivity index (χ1n) is 5.97. The second-order valence-corrected chi connectivity index (χ2v) is 5.56. The van der Waals surface area contributed by atoms with E-state index in [2.05, 4.69) is 0 Å². The molecule has 2 unspecified atom stereocenters. The van der Waals surface area contributed by atoms with Crippen molar-refractivity contribution in [1.82, 2.24) is 0 Å². The Kier molecular flexibility index (Phi) is 2.13. The van der Waals surface area contributed by atoms with Crippen molar-refractivity contribution < 1.29 is 14.0 Å². The largest absolute Gasteiger partial charge is 0.274 e. The number of nitriles is 1. The van der Waals surface area contributed by atoms with E-state index in [9.17, 15) is 14.0 Å². The molecule has 2 amide bonds. The van der Waals surface area contributed by atoms with Gasteiger partial charge in [-0.2, -0.15) is 5.26 Å². The predicted molar refractivity (Wildman–Crippen MR) is 64.4 cm³/mol. The number of rotatable bonds is 1. The summed E-state index contributed by atoms with van der Waals surface area (Å²) < 4.78 is 13.2. The summed E-state index contributed by atoms with van der Waals surface area (Å²) in [5.74, 6) is -1.73. The number of carbonyl (C=O) groups is 2. The fourth-order valence-electron chi connectivity index (χ4n) is 2.94. The van der Waals surface area contributed by atoms with Crippen molar-refractivity contribution in [2.24, 2.45) is 17.3 Å². The molecular weight excluding hydrogens is 247 g/mol. The third-order valence-electron chi connectivity index (χ3n) is 4.13. The van der Waals surface area contributed by atoms with Gasteiger partial charge >= 0.3 is 0 Å². The molecule has 2 aliphatic rings. The van der Waals surface area contributed by atoms with Crippen molar-refractivity contribution >= 4 is 17.5 Å². The van der Waals surface area contributed by atoms with Gasteiger partial charge in [-0.3, -0.25) is 9.59 Å². The van der Waals surface area contributed by atoms with Crippen molar-refractivity contribution in [3.05, 3.63) is 29.6 Å². The molecule has 2 fully saturated rings. The summed E-state index contributed by atoms with van der Waals surface area (Å²) in [6, 6.07) is 5.39. The maximum atomic E-state index is 13.2. The molecule has 1 aromatic carbocycles. The number of benzene rings is 1. The Balaban J connectivity index is 2.00. The Morgan fingerprint density at radius 2 is 1.84 bits per heavy atom. The lowest BCUT2D eigenvalue weighted by atomic mass is 10.0. The number of halogens is 1. The lowest BCUT2D eigenvalue weighted by Gasteiger charge is -2.20. The summed E-state index contributed by atoms with van der Waals surface area (Å²) in [5.41, 5.74) is -0.170. The lowest BCUT2D eigenvalue weighted by molar-refractivity contribution is -0.125. The average molecular weight is 258 g/mol. The Bertz CT molecular complexity index is 636. The summed E-state index contributed by atoms with van der Waals surface area (Å²) in [6.45, 7) is 3.78. The van der Waals surface area contributed by atoms with E-state index in [0.29, 0.717) is 0 Å². The third kappa shape index (κ3) is 1.37. The zero-order valence-electron chi connectivity index (χ0n) is 10.5. The van der Waals surface area contributed by atoms with Gasteiger partial charge in [0.2, 0.25) is 11.8 Å². The normalized spacial score (nSPS) is 27.2. The summed E-state index contributed by atoms with van der Waals surface area (Å²) in [5, 5.41) is 8.78. The molecule has 5 heteroatoms. The smallest absolute Gasteiger partial charge is 0.238 e. The van der Waals surface area contributed by atoms with Gasteiger partial charge in [0.05, 0.1) is 23.1 Å². The van der Waals surface area contributed by atoms with Gasteiger partial charge in [0.1, 0.15) is 11.9 Å². The topological polar surface area (TPSA) is 61.2 Å². The number of imide groups is 1. The van der Waals surface area contributed by atoms with Crippen molar-refractivity contribution in [2.45, 2.75) is 13.8 Å². The SMILES string of the molecule is CC1(C)C2C(=O)N(c3ccc(F)c(C#N)c3)C(=O)C21. The van der Waals surface area contributed by atoms with E-state index in [-0.39, 0.29) is 40.3 Å². The summed E-state index contributed by atoms with van der Waals surface area (Å²) in [7, 11) is 0. The first-order valence-corrected chi connectivity index (χ1v) is 5.97. The number of amides is 2. The molecule has 0 radical (unpaired) electrons. The lowest BCUT2D eigenvalue weighted by Crippen LogP contribution is -2.36. The highest BCUT2D eigenvalue weighted by Gasteiger charge is 2.72. The van der Waals surface area contributed by atoms with Gasteiger partial charge in [-0.1, -0.05) is 13.8 Å². The number of hydrogen-bond acceptors (Lipinski definition) is 3. The Hall–Kier alpha value is -2.22. The first-order chi connectivity index (χ1) is 8.89. The summed E-state index contributed by atoms with van der Waals surface area (Å²) in [4.78, 5) is 25.4. The first kappa shape index (κ1) is 11.8. The molecule has 1 aromatic rings. The molecule has 0 aromatic heterocycles. The molecule has 96 valence electrons. The minimum atomic E-state index is -0.657. The predicted octanol–water partition coefficient (Wildman–Crippen LogP) is 1.84. The molecule has 0 bridgehead atoms. The number of hydrogen-bond donors (Lipinski definition) is 0. The molecule has 19 heavy (non-hydrogen) atoms. The molecule has 1 saturated carbocycles. The number of piperidine rings is 1. The third-order valence-corrected chi connectivity index (χ3v) is 4.13. The van der Waals surface area contributed by atoms with E-state index in [1.54, 1.807) is 6.07 Å². The monoisotopic (exact) mass is 258 g/mol. The number of nitrogens with zero attached hydrogens (tertiary/aromatic N) is 2. The van der Waals surface area contributed by atoms with Gasteiger partial charge in [0.15, 0.2) is 0 Å². The van der Waals surface area contributed by atoms with E-state index in [0.717, 1.165) is 11.0 Å². The summed E-state index contributed by atoms with van der Waals surface area (Å²) in [6.07, 6.45) is 0. The van der Waals surface area contributed by atoms with E-state index in [1.165, 1.54) is 12.1 Å². The second-order valence-electron chi connectivity index (χ2n) is 5.56. The molecule has 4 nitrogen and oxygen atoms in total. The maximum Gasteiger partial charge on any atom is 0.238 e. The highest BCUT2D eigenvalue weighted by atomic mass is 19.1. The Morgan fingerprint density at radius 3 is 2.37 bits per heavy atom. The van der Waals surface area contributed by atoms with Gasteiger partial charge in [0, 0.05) is 0 Å². The Morgan fingerprint density at radius 1 is 1.26 bits per heavy atom. The zero-order chi connectivity index (χ0) is 13.9. The number of fused-ring (bicyclic) bond motifs is 1. The second kappa shape index (κ2) is 3.41. The van der Waals surface area contributed by atoms with Crippen LogP contribution < -0.4 is 4.90 Å². The fraction of sp³-hybridized carbons (Fsp3) is 0.357. The molecule has 1 heterocycles. The van der Waals surface area contributed by atoms with Crippen LogP contribution in [0.15, 0.2) is 18.2 Å². The molecule has 1 aliphatic heterocycles. The molecule has 2 atom stereocenters. The van der Waals surface area contributed by atoms with Gasteiger partial charge in [0.25, 0.3) is 0 Å². The highest BCUT2D eigenvalue weighted by molar-refractivity contribution is 6.25. The zero-order valence-corrected chi connectivity index (χ0v) is 10.5. The van der Waals surface area contributed by atoms with Crippen LogP contribution in [0.3, 0.4) is 0 Å².